The molecule has 0 aromatic carbocycles. The van der Waals surface area contributed by atoms with Crippen molar-refractivity contribution in [1.29, 1.82) is 5.41 Å². The van der Waals surface area contributed by atoms with E-state index in [0.717, 1.165) is 18.4 Å². The van der Waals surface area contributed by atoms with Crippen molar-refractivity contribution in [1.82, 2.24) is 0 Å². The average Bonchev–Trinajstić information content (AvgIpc) is 2.55. The van der Waals surface area contributed by atoms with E-state index in [1.165, 1.54) is 6.34 Å². The van der Waals surface area contributed by atoms with E-state index in [4.69, 9.17) is 16.9 Å². The summed E-state index contributed by atoms with van der Waals surface area (Å²) in [5, 5.41) is 8.31. The molecule has 0 unspecified atom stereocenters. The van der Waals surface area contributed by atoms with Crippen molar-refractivity contribution in [3.05, 3.63) is 35.1 Å². The molecule has 0 aromatic heterocycles. The van der Waals surface area contributed by atoms with Gasteiger partial charge in [-0.15, -0.1) is 0 Å². The lowest BCUT2D eigenvalue weighted by Gasteiger charge is -2.11. The van der Waals surface area contributed by atoms with Gasteiger partial charge in [0.1, 0.15) is 12.2 Å². The summed E-state index contributed by atoms with van der Waals surface area (Å²) >= 11 is 0. The summed E-state index contributed by atoms with van der Waals surface area (Å²) < 4.78 is 0. The molecule has 1 heterocycles. The van der Waals surface area contributed by atoms with E-state index < -0.39 is 0 Å². The third-order valence-electron chi connectivity index (χ3n) is 2.61. The van der Waals surface area contributed by atoms with Gasteiger partial charge in [0.25, 0.3) is 0 Å². The van der Waals surface area contributed by atoms with Crippen LogP contribution in [0, 0.1) is 5.41 Å². The molecule has 5 heteroatoms. The first-order valence-electron chi connectivity index (χ1n) is 6.38. The summed E-state index contributed by atoms with van der Waals surface area (Å²) in [6.07, 6.45) is 9.04. The molecule has 5 nitrogen and oxygen atoms in total. The molecule has 0 aromatic rings. The maximum atomic E-state index is 8.31. The zero-order valence-electron chi connectivity index (χ0n) is 11.5. The zero-order valence-corrected chi connectivity index (χ0v) is 11.5. The smallest absolute Gasteiger partial charge is 0.136 e. The summed E-state index contributed by atoms with van der Waals surface area (Å²) in [4.78, 5) is 7.96. The lowest BCUT2D eigenvalue weighted by atomic mass is 9.98. The van der Waals surface area contributed by atoms with Crippen molar-refractivity contribution in [3.8, 4) is 0 Å². The van der Waals surface area contributed by atoms with Crippen LogP contribution < -0.4 is 11.5 Å². The molecule has 19 heavy (non-hydrogen) atoms. The van der Waals surface area contributed by atoms with Crippen LogP contribution in [0.2, 0.25) is 0 Å². The van der Waals surface area contributed by atoms with E-state index in [-0.39, 0.29) is 5.84 Å². The number of allylic oxidation sites excluding steroid dienone is 4. The first kappa shape index (κ1) is 14.9. The Labute approximate surface area is 114 Å². The largest absolute Gasteiger partial charge is 0.400 e. The van der Waals surface area contributed by atoms with Gasteiger partial charge in [-0.05, 0) is 18.4 Å². The van der Waals surface area contributed by atoms with Gasteiger partial charge in [-0.3, -0.25) is 10.4 Å². The standard InChI is InChI=1S/C14H21N5/c1-3-5-7-10(6-4-2)13(16)12-11(15)8-18-9-19-14(12)17/h5-7,9,16H,3-4,8,15H2,1-2H3,(H2,17,18,19)/b7-5-,10-6+,16-13?. The molecule has 1 aliphatic heterocycles. The number of nitrogens with two attached hydrogens (primary N) is 2. The summed E-state index contributed by atoms with van der Waals surface area (Å²) in [5.41, 5.74) is 13.9. The van der Waals surface area contributed by atoms with Crippen molar-refractivity contribution < 1.29 is 0 Å². The van der Waals surface area contributed by atoms with Crippen LogP contribution in [-0.2, 0) is 0 Å². The van der Waals surface area contributed by atoms with Gasteiger partial charge in [0.15, 0.2) is 0 Å². The van der Waals surface area contributed by atoms with Crippen LogP contribution in [0.25, 0.3) is 0 Å². The molecule has 1 rings (SSSR count). The van der Waals surface area contributed by atoms with E-state index in [2.05, 4.69) is 9.98 Å². The molecule has 1 aliphatic rings. The topological polar surface area (TPSA) is 101 Å². The molecule has 0 saturated heterocycles. The Balaban J connectivity index is 3.16. The summed E-state index contributed by atoms with van der Waals surface area (Å²) in [6.45, 7) is 4.39. The maximum Gasteiger partial charge on any atom is 0.136 e. The van der Waals surface area contributed by atoms with Crippen molar-refractivity contribution in [2.75, 3.05) is 6.54 Å². The molecule has 0 aliphatic carbocycles. The van der Waals surface area contributed by atoms with E-state index in [1.54, 1.807) is 0 Å². The fraction of sp³-hybridized carbons (Fsp3) is 0.357. The Kier molecular flexibility index (Phi) is 5.73. The first-order valence-corrected chi connectivity index (χ1v) is 6.38. The average molecular weight is 259 g/mol. The van der Waals surface area contributed by atoms with Crippen LogP contribution in [0.5, 0.6) is 0 Å². The SMILES string of the molecule is CC/C=C\C(=C/CC)C(=N)C1=C(N)CN=CN=C1N. The molecule has 102 valence electrons. The highest BCUT2D eigenvalue weighted by Gasteiger charge is 2.17. The van der Waals surface area contributed by atoms with Gasteiger partial charge in [0.05, 0.1) is 17.8 Å². The zero-order chi connectivity index (χ0) is 14.3. The molecule has 0 radical (unpaired) electrons. The Morgan fingerprint density at radius 1 is 1.37 bits per heavy atom. The predicted molar refractivity (Wildman–Crippen MR) is 81.7 cm³/mol. The minimum atomic E-state index is 0.246. The first-order chi connectivity index (χ1) is 9.11. The second-order valence-electron chi connectivity index (χ2n) is 4.12. The quantitative estimate of drug-likeness (QED) is 0.519. The highest BCUT2D eigenvalue weighted by Crippen LogP contribution is 2.14. The van der Waals surface area contributed by atoms with E-state index >= 15 is 0 Å². The Morgan fingerprint density at radius 3 is 2.74 bits per heavy atom. The highest BCUT2D eigenvalue weighted by atomic mass is 14.9. The Morgan fingerprint density at radius 2 is 2.11 bits per heavy atom. The van der Waals surface area contributed by atoms with Crippen LogP contribution in [0.4, 0.5) is 0 Å². The van der Waals surface area contributed by atoms with E-state index in [1.807, 2.05) is 32.1 Å². The minimum absolute atomic E-state index is 0.246. The van der Waals surface area contributed by atoms with Gasteiger partial charge in [-0.25, -0.2) is 4.99 Å². The van der Waals surface area contributed by atoms with Gasteiger partial charge in [-0.2, -0.15) is 0 Å². The highest BCUT2D eigenvalue weighted by molar-refractivity contribution is 6.30. The van der Waals surface area contributed by atoms with Gasteiger partial charge in [0, 0.05) is 5.70 Å². The van der Waals surface area contributed by atoms with Gasteiger partial charge < -0.3 is 11.5 Å². The van der Waals surface area contributed by atoms with Crippen molar-refractivity contribution in [2.24, 2.45) is 21.5 Å². The van der Waals surface area contributed by atoms with Crippen molar-refractivity contribution in [2.45, 2.75) is 26.7 Å². The molecule has 0 bridgehead atoms. The summed E-state index contributed by atoms with van der Waals surface area (Å²) in [6, 6.07) is 0. The molecular weight excluding hydrogens is 238 g/mol. The lowest BCUT2D eigenvalue weighted by molar-refractivity contribution is 1.11. The summed E-state index contributed by atoms with van der Waals surface area (Å²) in [7, 11) is 0. The number of amidine groups is 1. The van der Waals surface area contributed by atoms with Crippen LogP contribution in [0.3, 0.4) is 0 Å². The fourth-order valence-corrected chi connectivity index (χ4v) is 1.70. The fourth-order valence-electron chi connectivity index (χ4n) is 1.70. The number of hydrogen-bond acceptors (Lipinski definition) is 5. The van der Waals surface area contributed by atoms with E-state index in [9.17, 15) is 0 Å². The number of nitrogens with one attached hydrogen (secondary N) is 1. The predicted octanol–water partition coefficient (Wildman–Crippen LogP) is 1.92. The third kappa shape index (κ3) is 3.91. The van der Waals surface area contributed by atoms with Crippen LogP contribution in [-0.4, -0.2) is 24.4 Å². The van der Waals surface area contributed by atoms with Gasteiger partial charge in [0.2, 0.25) is 0 Å². The van der Waals surface area contributed by atoms with Crippen molar-refractivity contribution >= 4 is 17.9 Å². The maximum absolute atomic E-state index is 8.31. The molecule has 0 fully saturated rings. The second kappa shape index (κ2) is 7.31. The molecule has 5 N–H and O–H groups in total. The summed E-state index contributed by atoms with van der Waals surface area (Å²) in [5.74, 6) is 0.246. The number of aliphatic imine (C=N–C) groups is 2. The van der Waals surface area contributed by atoms with E-state index in [0.29, 0.717) is 23.5 Å². The van der Waals surface area contributed by atoms with Crippen LogP contribution in [0.1, 0.15) is 26.7 Å². The van der Waals surface area contributed by atoms with Gasteiger partial charge >= 0.3 is 0 Å². The van der Waals surface area contributed by atoms with Crippen LogP contribution >= 0.6 is 0 Å². The molecule has 0 amide bonds. The Bertz CT molecular complexity index is 492. The molecule has 0 saturated carbocycles. The second-order valence-corrected chi connectivity index (χ2v) is 4.12. The normalized spacial score (nSPS) is 16.7. The molecule has 0 atom stereocenters. The Hall–Kier alpha value is -2.17. The minimum Gasteiger partial charge on any atom is -0.400 e. The lowest BCUT2D eigenvalue weighted by Crippen LogP contribution is -2.26. The number of hydrogen-bond donors (Lipinski definition) is 3. The molecular formula is C14H21N5. The number of nitrogens with zero attached hydrogens (tertiary/aromatic N) is 2. The molecule has 0 spiro atoms. The number of rotatable bonds is 5. The van der Waals surface area contributed by atoms with Crippen LogP contribution in [0.15, 0.2) is 45.1 Å². The van der Waals surface area contributed by atoms with Crippen molar-refractivity contribution in [3.63, 3.8) is 0 Å². The monoisotopic (exact) mass is 259 g/mol. The third-order valence-corrected chi connectivity index (χ3v) is 2.61. The van der Waals surface area contributed by atoms with Gasteiger partial charge in [-0.1, -0.05) is 32.1 Å².